The van der Waals surface area contributed by atoms with Gasteiger partial charge in [0.15, 0.2) is 0 Å². The molecular formula is C18H19Cl2NO3S. The summed E-state index contributed by atoms with van der Waals surface area (Å²) in [7, 11) is -2.18. The third-order valence-corrected chi connectivity index (χ3v) is 7.10. The molecule has 0 saturated carbocycles. The summed E-state index contributed by atoms with van der Waals surface area (Å²) in [5, 5.41) is 0.566. The van der Waals surface area contributed by atoms with Gasteiger partial charge in [0.1, 0.15) is 4.90 Å². The predicted octanol–water partition coefficient (Wildman–Crippen LogP) is 4.06. The number of sulfonamides is 1. The van der Waals surface area contributed by atoms with Gasteiger partial charge in [0, 0.05) is 25.0 Å². The lowest BCUT2D eigenvalue weighted by atomic mass is 9.99. The topological polar surface area (TPSA) is 46.6 Å². The van der Waals surface area contributed by atoms with Crippen molar-refractivity contribution in [1.29, 1.82) is 0 Å². The van der Waals surface area contributed by atoms with Crippen LogP contribution in [0.1, 0.15) is 16.7 Å². The second-order valence-corrected chi connectivity index (χ2v) is 9.05. The Morgan fingerprint density at radius 3 is 2.56 bits per heavy atom. The quantitative estimate of drug-likeness (QED) is 0.778. The van der Waals surface area contributed by atoms with Crippen LogP contribution in [0.2, 0.25) is 10.0 Å². The normalized spacial score (nSPS) is 17.6. The van der Waals surface area contributed by atoms with Crippen LogP contribution < -0.4 is 0 Å². The minimum absolute atomic E-state index is 0.0646. The van der Waals surface area contributed by atoms with E-state index in [1.54, 1.807) is 14.0 Å². The molecule has 0 saturated heterocycles. The Balaban J connectivity index is 1.79. The predicted molar refractivity (Wildman–Crippen MR) is 99.7 cm³/mol. The lowest BCUT2D eigenvalue weighted by Crippen LogP contribution is -2.38. The molecule has 0 fully saturated rings. The molecule has 1 aliphatic heterocycles. The van der Waals surface area contributed by atoms with Crippen LogP contribution in [0.3, 0.4) is 0 Å². The molecule has 0 spiro atoms. The van der Waals surface area contributed by atoms with E-state index in [0.29, 0.717) is 23.6 Å². The SMILES string of the molecule is Cc1cc(S(=O)(=O)N(C)CC2Cc3ccccc3CO2)c(Cl)cc1Cl. The number of ether oxygens (including phenoxy) is 1. The molecular weight excluding hydrogens is 381 g/mol. The maximum absolute atomic E-state index is 12.9. The first kappa shape index (κ1) is 18.7. The summed E-state index contributed by atoms with van der Waals surface area (Å²) in [6, 6.07) is 11.0. The van der Waals surface area contributed by atoms with Crippen molar-refractivity contribution in [2.45, 2.75) is 31.0 Å². The summed E-state index contributed by atoms with van der Waals surface area (Å²) < 4.78 is 32.9. The minimum Gasteiger partial charge on any atom is -0.372 e. The number of hydrogen-bond donors (Lipinski definition) is 0. The number of likely N-dealkylation sites (N-methyl/N-ethyl adjacent to an activating group) is 1. The first-order valence-corrected chi connectivity index (χ1v) is 10.1. The maximum atomic E-state index is 12.9. The number of halogens is 2. The molecule has 25 heavy (non-hydrogen) atoms. The lowest BCUT2D eigenvalue weighted by molar-refractivity contribution is 0.0202. The highest BCUT2D eigenvalue weighted by atomic mass is 35.5. The zero-order chi connectivity index (χ0) is 18.2. The fourth-order valence-electron chi connectivity index (χ4n) is 2.91. The molecule has 0 aromatic heterocycles. The summed E-state index contributed by atoms with van der Waals surface area (Å²) in [5.41, 5.74) is 3.02. The van der Waals surface area contributed by atoms with Gasteiger partial charge >= 0.3 is 0 Å². The Kier molecular flexibility index (Phi) is 5.42. The molecule has 134 valence electrons. The monoisotopic (exact) mass is 399 g/mol. The van der Waals surface area contributed by atoms with Gasteiger partial charge in [0.05, 0.1) is 17.7 Å². The standard InChI is InChI=1S/C18H19Cl2NO3S/c1-12-7-18(17(20)9-16(12)19)25(22,23)21(2)10-15-8-13-5-3-4-6-14(13)11-24-15/h3-7,9,15H,8,10-11H2,1-2H3. The van der Waals surface area contributed by atoms with Gasteiger partial charge in [0.2, 0.25) is 10.0 Å². The van der Waals surface area contributed by atoms with Gasteiger partial charge in [-0.05, 0) is 35.7 Å². The molecule has 0 radical (unpaired) electrons. The second kappa shape index (κ2) is 7.25. The summed E-state index contributed by atoms with van der Waals surface area (Å²) in [4.78, 5) is 0.0646. The smallest absolute Gasteiger partial charge is 0.244 e. The van der Waals surface area contributed by atoms with Gasteiger partial charge in [-0.3, -0.25) is 0 Å². The summed E-state index contributed by atoms with van der Waals surface area (Å²) in [5.74, 6) is 0. The molecule has 0 N–H and O–H groups in total. The lowest BCUT2D eigenvalue weighted by Gasteiger charge is -2.29. The average Bonchev–Trinajstić information content (AvgIpc) is 2.57. The van der Waals surface area contributed by atoms with E-state index in [-0.39, 0.29) is 22.6 Å². The Bertz CT molecular complexity index is 899. The summed E-state index contributed by atoms with van der Waals surface area (Å²) >= 11 is 12.1. The van der Waals surface area contributed by atoms with Gasteiger partial charge in [-0.1, -0.05) is 47.5 Å². The molecule has 0 amide bonds. The van der Waals surface area contributed by atoms with E-state index in [1.165, 1.54) is 22.0 Å². The van der Waals surface area contributed by atoms with Crippen LogP contribution >= 0.6 is 23.2 Å². The van der Waals surface area contributed by atoms with Crippen LogP contribution in [-0.4, -0.2) is 32.4 Å². The van der Waals surface area contributed by atoms with E-state index in [2.05, 4.69) is 6.07 Å². The molecule has 2 aromatic rings. The van der Waals surface area contributed by atoms with Crippen molar-refractivity contribution in [2.24, 2.45) is 0 Å². The number of aryl methyl sites for hydroxylation is 1. The molecule has 7 heteroatoms. The van der Waals surface area contributed by atoms with Gasteiger partial charge < -0.3 is 4.74 Å². The Morgan fingerprint density at radius 1 is 1.16 bits per heavy atom. The summed E-state index contributed by atoms with van der Waals surface area (Å²) in [6.07, 6.45) is 0.491. The number of rotatable bonds is 4. The van der Waals surface area contributed by atoms with Crippen LogP contribution in [0.4, 0.5) is 0 Å². The van der Waals surface area contributed by atoms with Crippen molar-refractivity contribution in [2.75, 3.05) is 13.6 Å². The van der Waals surface area contributed by atoms with Gasteiger partial charge in [-0.15, -0.1) is 0 Å². The number of hydrogen-bond acceptors (Lipinski definition) is 3. The number of benzene rings is 2. The van der Waals surface area contributed by atoms with Gasteiger partial charge in [-0.2, -0.15) is 4.31 Å². The molecule has 0 aliphatic carbocycles. The average molecular weight is 400 g/mol. The highest BCUT2D eigenvalue weighted by Gasteiger charge is 2.28. The van der Waals surface area contributed by atoms with E-state index in [9.17, 15) is 8.42 Å². The zero-order valence-electron chi connectivity index (χ0n) is 14.0. The molecule has 1 heterocycles. The highest BCUT2D eigenvalue weighted by molar-refractivity contribution is 7.89. The van der Waals surface area contributed by atoms with Crippen molar-refractivity contribution in [3.05, 3.63) is 63.1 Å². The Labute approximate surface area is 158 Å². The molecule has 4 nitrogen and oxygen atoms in total. The van der Waals surface area contributed by atoms with Crippen molar-refractivity contribution < 1.29 is 13.2 Å². The van der Waals surface area contributed by atoms with Crippen molar-refractivity contribution >= 4 is 33.2 Å². The number of fused-ring (bicyclic) bond motifs is 1. The second-order valence-electron chi connectivity index (χ2n) is 6.22. The van der Waals surface area contributed by atoms with E-state index >= 15 is 0 Å². The maximum Gasteiger partial charge on any atom is 0.244 e. The molecule has 1 atom stereocenters. The third-order valence-electron chi connectivity index (χ3n) is 4.40. The fraction of sp³-hybridized carbons (Fsp3) is 0.333. The zero-order valence-corrected chi connectivity index (χ0v) is 16.3. The van der Waals surface area contributed by atoms with Gasteiger partial charge in [0.25, 0.3) is 0 Å². The van der Waals surface area contributed by atoms with Gasteiger partial charge in [-0.25, -0.2) is 8.42 Å². The molecule has 1 aliphatic rings. The van der Waals surface area contributed by atoms with Crippen LogP contribution in [0.25, 0.3) is 0 Å². The summed E-state index contributed by atoms with van der Waals surface area (Å²) in [6.45, 7) is 2.50. The third kappa shape index (κ3) is 3.86. The first-order chi connectivity index (χ1) is 11.8. The van der Waals surface area contributed by atoms with E-state index in [0.717, 1.165) is 5.56 Å². The van der Waals surface area contributed by atoms with E-state index in [4.69, 9.17) is 27.9 Å². The largest absolute Gasteiger partial charge is 0.372 e. The van der Waals surface area contributed by atoms with E-state index < -0.39 is 10.0 Å². The molecule has 1 unspecified atom stereocenters. The van der Waals surface area contributed by atoms with Crippen molar-refractivity contribution in [3.63, 3.8) is 0 Å². The van der Waals surface area contributed by atoms with Crippen LogP contribution in [0.15, 0.2) is 41.3 Å². The minimum atomic E-state index is -3.72. The first-order valence-electron chi connectivity index (χ1n) is 7.89. The van der Waals surface area contributed by atoms with Crippen molar-refractivity contribution in [3.8, 4) is 0 Å². The molecule has 3 rings (SSSR count). The fourth-order valence-corrected chi connectivity index (χ4v) is 4.91. The van der Waals surface area contributed by atoms with Crippen LogP contribution in [0.5, 0.6) is 0 Å². The van der Waals surface area contributed by atoms with E-state index in [1.807, 2.05) is 18.2 Å². The Morgan fingerprint density at radius 2 is 1.84 bits per heavy atom. The molecule has 2 aromatic carbocycles. The van der Waals surface area contributed by atoms with Crippen LogP contribution in [-0.2, 0) is 27.8 Å². The van der Waals surface area contributed by atoms with Crippen LogP contribution in [0, 0.1) is 6.92 Å². The number of nitrogens with zero attached hydrogens (tertiary/aromatic N) is 1. The van der Waals surface area contributed by atoms with Crippen molar-refractivity contribution in [1.82, 2.24) is 4.31 Å². The molecule has 0 bridgehead atoms. The Hall–Kier alpha value is -1.11. The highest BCUT2D eigenvalue weighted by Crippen LogP contribution is 2.30.